The van der Waals surface area contributed by atoms with Crippen LogP contribution in [-0.2, 0) is 31.9 Å². The molecule has 1 amide bonds. The zero-order valence-corrected chi connectivity index (χ0v) is 20.9. The number of aryl methyl sites for hydroxylation is 2. The number of nitrogens with zero attached hydrogens (tertiary/aromatic N) is 2. The minimum atomic E-state index is -1.17. The number of aromatic nitrogens is 1. The van der Waals surface area contributed by atoms with Crippen LogP contribution in [-0.4, -0.2) is 92.2 Å². The number of hydrogen-bond donors (Lipinski definition) is 3. The SMILES string of the molecule is COCC(F)CN(CCCCc1ccc2c(n1)NCCC2)CCC(NC(=O)C1(C)COC1)C(=O)O. The molecular weight excluding hydrogens is 455 g/mol. The Morgan fingerprint density at radius 1 is 1.34 bits per heavy atom. The summed E-state index contributed by atoms with van der Waals surface area (Å²) in [6, 6.07) is 3.19. The number of hydrogen-bond acceptors (Lipinski definition) is 7. The van der Waals surface area contributed by atoms with E-state index in [-0.39, 0.29) is 38.7 Å². The van der Waals surface area contributed by atoms with Gasteiger partial charge in [0.25, 0.3) is 0 Å². The number of carbonyl (C=O) groups is 2. The van der Waals surface area contributed by atoms with Gasteiger partial charge in [0, 0.05) is 32.4 Å². The molecule has 9 nitrogen and oxygen atoms in total. The number of halogens is 1. The van der Waals surface area contributed by atoms with E-state index in [4.69, 9.17) is 14.5 Å². The summed E-state index contributed by atoms with van der Waals surface area (Å²) < 4.78 is 24.3. The predicted molar refractivity (Wildman–Crippen MR) is 130 cm³/mol. The molecule has 196 valence electrons. The fourth-order valence-electron chi connectivity index (χ4n) is 4.40. The molecule has 2 unspecified atom stereocenters. The number of anilines is 1. The molecular formula is C25H39FN4O5. The first-order valence-corrected chi connectivity index (χ1v) is 12.5. The van der Waals surface area contributed by atoms with Gasteiger partial charge in [-0.2, -0.15) is 0 Å². The molecule has 1 saturated heterocycles. The molecule has 2 aliphatic heterocycles. The van der Waals surface area contributed by atoms with E-state index in [0.717, 1.165) is 50.2 Å². The number of unbranched alkanes of at least 4 members (excludes halogenated alkanes) is 1. The number of pyridine rings is 1. The monoisotopic (exact) mass is 494 g/mol. The second-order valence-corrected chi connectivity index (χ2v) is 9.86. The van der Waals surface area contributed by atoms with Crippen LogP contribution in [0, 0.1) is 5.41 Å². The quantitative estimate of drug-likeness (QED) is 0.318. The number of methoxy groups -OCH3 is 1. The smallest absolute Gasteiger partial charge is 0.326 e. The number of aliphatic carboxylic acids is 1. The Bertz CT molecular complexity index is 851. The first-order chi connectivity index (χ1) is 16.8. The van der Waals surface area contributed by atoms with Gasteiger partial charge in [-0.3, -0.25) is 4.79 Å². The molecule has 3 heterocycles. The van der Waals surface area contributed by atoms with E-state index in [0.29, 0.717) is 13.1 Å². The Labute approximate surface area is 206 Å². The van der Waals surface area contributed by atoms with Crippen LogP contribution in [0.2, 0.25) is 0 Å². The number of rotatable bonds is 15. The Kier molecular flexibility index (Phi) is 10.2. The van der Waals surface area contributed by atoms with Crippen LogP contribution in [0.4, 0.5) is 10.2 Å². The van der Waals surface area contributed by atoms with Crippen molar-refractivity contribution in [1.29, 1.82) is 0 Å². The van der Waals surface area contributed by atoms with Crippen molar-refractivity contribution < 1.29 is 28.6 Å². The summed E-state index contributed by atoms with van der Waals surface area (Å²) in [4.78, 5) is 30.8. The lowest BCUT2D eigenvalue weighted by molar-refractivity contribution is -0.161. The maximum atomic E-state index is 14.3. The standard InChI is InChI=1S/C25H39FN4O5/c1-25(16-35-17-25)24(33)29-21(23(31)32)10-13-30(14-19(26)15-34-2)12-4-3-7-20-9-8-18-6-5-11-27-22(18)28-20/h8-9,19,21H,3-7,10-17H2,1-2H3,(H,27,28)(H,29,33)(H,31,32). The summed E-state index contributed by atoms with van der Waals surface area (Å²) in [6.45, 7) is 4.40. The molecule has 0 spiro atoms. The number of carbonyl (C=O) groups excluding carboxylic acids is 1. The van der Waals surface area contributed by atoms with Gasteiger partial charge in [-0.05, 0) is 63.6 Å². The Morgan fingerprint density at radius 3 is 2.83 bits per heavy atom. The van der Waals surface area contributed by atoms with Crippen LogP contribution in [0.3, 0.4) is 0 Å². The third-order valence-corrected chi connectivity index (χ3v) is 6.64. The molecule has 10 heteroatoms. The van der Waals surface area contributed by atoms with Crippen molar-refractivity contribution in [2.24, 2.45) is 5.41 Å². The first-order valence-electron chi connectivity index (χ1n) is 12.5. The average molecular weight is 495 g/mol. The Hall–Kier alpha value is -2.30. The number of amides is 1. The molecule has 0 bridgehead atoms. The van der Waals surface area contributed by atoms with Crippen molar-refractivity contribution >= 4 is 17.7 Å². The maximum Gasteiger partial charge on any atom is 0.326 e. The van der Waals surface area contributed by atoms with Crippen molar-refractivity contribution in [2.45, 2.75) is 57.7 Å². The highest BCUT2D eigenvalue weighted by Gasteiger charge is 2.42. The number of fused-ring (bicyclic) bond motifs is 1. The summed E-state index contributed by atoms with van der Waals surface area (Å²) in [6.07, 6.45) is 3.75. The van der Waals surface area contributed by atoms with Crippen LogP contribution in [0.15, 0.2) is 12.1 Å². The first kappa shape index (κ1) is 27.3. The van der Waals surface area contributed by atoms with Crippen LogP contribution < -0.4 is 10.6 Å². The molecule has 0 radical (unpaired) electrons. The number of ether oxygens (including phenoxy) is 2. The molecule has 1 aromatic rings. The summed E-state index contributed by atoms with van der Waals surface area (Å²) in [5, 5.41) is 15.6. The van der Waals surface area contributed by atoms with Gasteiger partial charge in [-0.1, -0.05) is 6.07 Å². The molecule has 1 aromatic heterocycles. The predicted octanol–water partition coefficient (Wildman–Crippen LogP) is 2.04. The highest BCUT2D eigenvalue weighted by molar-refractivity contribution is 5.87. The fraction of sp³-hybridized carbons (Fsp3) is 0.720. The lowest BCUT2D eigenvalue weighted by atomic mass is 9.87. The molecule has 35 heavy (non-hydrogen) atoms. The topological polar surface area (TPSA) is 113 Å². The molecule has 2 atom stereocenters. The van der Waals surface area contributed by atoms with Crippen LogP contribution in [0.1, 0.15) is 43.9 Å². The number of carboxylic acids is 1. The van der Waals surface area contributed by atoms with Crippen molar-refractivity contribution in [3.63, 3.8) is 0 Å². The van der Waals surface area contributed by atoms with Gasteiger partial charge in [0.05, 0.1) is 25.2 Å². The van der Waals surface area contributed by atoms with E-state index in [9.17, 15) is 19.1 Å². The molecule has 0 aliphatic carbocycles. The number of nitrogens with one attached hydrogen (secondary N) is 2. The lowest BCUT2D eigenvalue weighted by Crippen LogP contribution is -2.56. The Morgan fingerprint density at radius 2 is 2.14 bits per heavy atom. The number of carboxylic acid groups (broad SMARTS) is 1. The molecule has 0 saturated carbocycles. The largest absolute Gasteiger partial charge is 0.480 e. The highest BCUT2D eigenvalue weighted by Crippen LogP contribution is 2.26. The lowest BCUT2D eigenvalue weighted by Gasteiger charge is -2.37. The van der Waals surface area contributed by atoms with Gasteiger partial charge in [0.2, 0.25) is 5.91 Å². The van der Waals surface area contributed by atoms with E-state index in [1.165, 1.54) is 12.7 Å². The van der Waals surface area contributed by atoms with Crippen molar-refractivity contribution in [2.75, 3.05) is 58.4 Å². The molecule has 3 N–H and O–H groups in total. The van der Waals surface area contributed by atoms with Gasteiger partial charge in [0.1, 0.15) is 18.0 Å². The fourth-order valence-corrected chi connectivity index (χ4v) is 4.40. The normalized spacial score (nSPS) is 18.2. The van der Waals surface area contributed by atoms with E-state index in [1.807, 2.05) is 4.90 Å². The zero-order chi connectivity index (χ0) is 25.3. The summed E-state index contributed by atoms with van der Waals surface area (Å²) >= 11 is 0. The zero-order valence-electron chi connectivity index (χ0n) is 20.9. The van der Waals surface area contributed by atoms with Gasteiger partial charge < -0.3 is 30.1 Å². The minimum Gasteiger partial charge on any atom is -0.480 e. The van der Waals surface area contributed by atoms with Crippen LogP contribution in [0.25, 0.3) is 0 Å². The van der Waals surface area contributed by atoms with Gasteiger partial charge >= 0.3 is 5.97 Å². The van der Waals surface area contributed by atoms with Crippen molar-refractivity contribution in [3.05, 3.63) is 23.4 Å². The minimum absolute atomic E-state index is 0.0139. The summed E-state index contributed by atoms with van der Waals surface area (Å²) in [5.41, 5.74) is 1.61. The van der Waals surface area contributed by atoms with Crippen LogP contribution in [0.5, 0.6) is 0 Å². The van der Waals surface area contributed by atoms with E-state index in [2.05, 4.69) is 22.8 Å². The molecule has 3 rings (SSSR count). The summed E-state index contributed by atoms with van der Waals surface area (Å²) in [7, 11) is 1.46. The van der Waals surface area contributed by atoms with E-state index >= 15 is 0 Å². The van der Waals surface area contributed by atoms with Crippen molar-refractivity contribution in [3.8, 4) is 0 Å². The van der Waals surface area contributed by atoms with Gasteiger partial charge in [-0.15, -0.1) is 0 Å². The van der Waals surface area contributed by atoms with Crippen molar-refractivity contribution in [1.82, 2.24) is 15.2 Å². The third-order valence-electron chi connectivity index (χ3n) is 6.64. The van der Waals surface area contributed by atoms with E-state index in [1.54, 1.807) is 6.92 Å². The average Bonchev–Trinajstić information content (AvgIpc) is 2.82. The molecule has 1 fully saturated rings. The van der Waals surface area contributed by atoms with E-state index < -0.39 is 23.6 Å². The van der Waals surface area contributed by atoms with Gasteiger partial charge in [0.15, 0.2) is 0 Å². The van der Waals surface area contributed by atoms with Crippen LogP contribution >= 0.6 is 0 Å². The highest BCUT2D eigenvalue weighted by atomic mass is 19.1. The maximum absolute atomic E-state index is 14.3. The summed E-state index contributed by atoms with van der Waals surface area (Å²) in [5.74, 6) is -0.431. The molecule has 0 aromatic carbocycles. The number of alkyl halides is 1. The third kappa shape index (κ3) is 8.12. The Balaban J connectivity index is 1.49. The molecule has 2 aliphatic rings. The van der Waals surface area contributed by atoms with Gasteiger partial charge in [-0.25, -0.2) is 14.2 Å². The second-order valence-electron chi connectivity index (χ2n) is 9.86. The second kappa shape index (κ2) is 13.1.